The highest BCUT2D eigenvalue weighted by atomic mass is 32.2. The number of rotatable bonds is 5. The van der Waals surface area contributed by atoms with E-state index in [9.17, 15) is 8.42 Å². The van der Waals surface area contributed by atoms with E-state index in [0.29, 0.717) is 6.54 Å². The third kappa shape index (κ3) is 3.12. The molecule has 7 heteroatoms. The summed E-state index contributed by atoms with van der Waals surface area (Å²) in [5, 5.41) is 10.0. The van der Waals surface area contributed by atoms with Gasteiger partial charge in [0.1, 0.15) is 0 Å². The minimum atomic E-state index is -3.37. The van der Waals surface area contributed by atoms with E-state index in [2.05, 4.69) is 20.2 Å². The Morgan fingerprint density at radius 2 is 1.95 bits per heavy atom. The van der Waals surface area contributed by atoms with E-state index in [-0.39, 0.29) is 4.90 Å². The smallest absolute Gasteiger partial charge is 0.240 e. The molecule has 19 heavy (non-hydrogen) atoms. The zero-order chi connectivity index (χ0) is 13.9. The van der Waals surface area contributed by atoms with E-state index < -0.39 is 10.0 Å². The molecule has 0 unspecified atom stereocenters. The highest BCUT2D eigenvalue weighted by molar-refractivity contribution is 7.89. The number of aromatic amines is 1. The van der Waals surface area contributed by atoms with Crippen LogP contribution in [-0.2, 0) is 16.6 Å². The van der Waals surface area contributed by atoms with Crippen LogP contribution in [0.5, 0.6) is 0 Å². The maximum Gasteiger partial charge on any atom is 0.240 e. The molecule has 0 aliphatic rings. The fourth-order valence-corrected chi connectivity index (χ4v) is 2.35. The second-order valence-corrected chi connectivity index (χ2v) is 5.99. The number of hydrogen-bond donors (Lipinski definition) is 3. The summed E-state index contributed by atoms with van der Waals surface area (Å²) in [5.41, 5.74) is 2.95. The Hall–Kier alpha value is -1.86. The summed E-state index contributed by atoms with van der Waals surface area (Å²) in [6.07, 6.45) is 1.77. The molecule has 0 spiro atoms. The van der Waals surface area contributed by atoms with Gasteiger partial charge in [-0.1, -0.05) is 0 Å². The summed E-state index contributed by atoms with van der Waals surface area (Å²) in [7, 11) is -1.98. The van der Waals surface area contributed by atoms with Crippen molar-refractivity contribution >= 4 is 15.7 Å². The lowest BCUT2D eigenvalue weighted by Gasteiger charge is -2.07. The van der Waals surface area contributed by atoms with Crippen LogP contribution in [0.4, 0.5) is 5.69 Å². The van der Waals surface area contributed by atoms with Gasteiger partial charge in [-0.15, -0.1) is 0 Å². The van der Waals surface area contributed by atoms with Crippen molar-refractivity contribution in [2.45, 2.75) is 18.4 Å². The van der Waals surface area contributed by atoms with E-state index in [4.69, 9.17) is 0 Å². The minimum absolute atomic E-state index is 0.250. The Bertz CT molecular complexity index is 647. The summed E-state index contributed by atoms with van der Waals surface area (Å²) in [5.74, 6) is 0. The molecule has 0 bridgehead atoms. The van der Waals surface area contributed by atoms with E-state index in [1.54, 1.807) is 30.5 Å². The van der Waals surface area contributed by atoms with Gasteiger partial charge in [-0.25, -0.2) is 13.1 Å². The summed E-state index contributed by atoms with van der Waals surface area (Å²) in [6, 6.07) is 6.60. The van der Waals surface area contributed by atoms with Crippen molar-refractivity contribution in [2.24, 2.45) is 0 Å². The largest absolute Gasteiger partial charge is 0.381 e. The fraction of sp³-hybridized carbons (Fsp3) is 0.250. The normalized spacial score (nSPS) is 11.5. The molecule has 0 saturated heterocycles. The third-order valence-corrected chi connectivity index (χ3v) is 4.28. The van der Waals surface area contributed by atoms with Crippen molar-refractivity contribution in [3.05, 3.63) is 41.7 Å². The second kappa shape index (κ2) is 5.41. The van der Waals surface area contributed by atoms with Crippen molar-refractivity contribution in [1.29, 1.82) is 0 Å². The van der Waals surface area contributed by atoms with Gasteiger partial charge in [0.25, 0.3) is 0 Å². The maximum absolute atomic E-state index is 11.6. The van der Waals surface area contributed by atoms with Gasteiger partial charge in [0.2, 0.25) is 10.0 Å². The van der Waals surface area contributed by atoms with Gasteiger partial charge < -0.3 is 5.32 Å². The van der Waals surface area contributed by atoms with Gasteiger partial charge in [0.15, 0.2) is 0 Å². The molecule has 0 fully saturated rings. The van der Waals surface area contributed by atoms with Crippen LogP contribution in [0.3, 0.4) is 0 Å². The van der Waals surface area contributed by atoms with Crippen LogP contribution >= 0.6 is 0 Å². The lowest BCUT2D eigenvalue weighted by molar-refractivity contribution is 0.588. The molecule has 2 rings (SSSR count). The first kappa shape index (κ1) is 13.6. The highest BCUT2D eigenvalue weighted by Gasteiger charge is 2.10. The zero-order valence-corrected chi connectivity index (χ0v) is 11.6. The SMILES string of the molecule is CNS(=O)(=O)c1ccc(NCc2cn[nH]c2C)cc1. The molecule has 0 aliphatic heterocycles. The van der Waals surface area contributed by atoms with Crippen molar-refractivity contribution in [1.82, 2.24) is 14.9 Å². The Morgan fingerprint density at radius 3 is 2.47 bits per heavy atom. The van der Waals surface area contributed by atoms with Crippen molar-refractivity contribution in [3.63, 3.8) is 0 Å². The Labute approximate surface area is 112 Å². The molecule has 1 aromatic heterocycles. The topological polar surface area (TPSA) is 86.9 Å². The molecular formula is C12H16N4O2S. The number of aryl methyl sites for hydroxylation is 1. The average molecular weight is 280 g/mol. The number of anilines is 1. The molecule has 1 heterocycles. The number of sulfonamides is 1. The number of nitrogens with one attached hydrogen (secondary N) is 3. The van der Waals surface area contributed by atoms with Crippen molar-refractivity contribution in [2.75, 3.05) is 12.4 Å². The van der Waals surface area contributed by atoms with Gasteiger partial charge >= 0.3 is 0 Å². The zero-order valence-electron chi connectivity index (χ0n) is 10.8. The molecular weight excluding hydrogens is 264 g/mol. The van der Waals surface area contributed by atoms with Crippen molar-refractivity contribution in [3.8, 4) is 0 Å². The summed E-state index contributed by atoms with van der Waals surface area (Å²) in [6.45, 7) is 2.59. The molecule has 0 aliphatic carbocycles. The van der Waals surface area contributed by atoms with E-state index in [0.717, 1.165) is 16.9 Å². The first-order chi connectivity index (χ1) is 9.03. The average Bonchev–Trinajstić information content (AvgIpc) is 2.82. The second-order valence-electron chi connectivity index (χ2n) is 4.11. The molecule has 0 amide bonds. The van der Waals surface area contributed by atoms with Gasteiger partial charge in [0, 0.05) is 23.5 Å². The quantitative estimate of drug-likeness (QED) is 0.769. The van der Waals surface area contributed by atoms with E-state index in [1.165, 1.54) is 7.05 Å². The molecule has 0 radical (unpaired) electrons. The first-order valence-corrected chi connectivity index (χ1v) is 7.27. The Morgan fingerprint density at radius 1 is 1.26 bits per heavy atom. The summed E-state index contributed by atoms with van der Waals surface area (Å²) in [4.78, 5) is 0.250. The van der Waals surface area contributed by atoms with Crippen LogP contribution < -0.4 is 10.0 Å². The molecule has 102 valence electrons. The molecule has 3 N–H and O–H groups in total. The van der Waals surface area contributed by atoms with Gasteiger partial charge in [-0.05, 0) is 38.2 Å². The Balaban J connectivity index is 2.06. The number of benzene rings is 1. The predicted octanol–water partition coefficient (Wildman–Crippen LogP) is 1.24. The third-order valence-electron chi connectivity index (χ3n) is 2.85. The summed E-state index contributed by atoms with van der Waals surface area (Å²) < 4.78 is 25.4. The predicted molar refractivity (Wildman–Crippen MR) is 73.3 cm³/mol. The van der Waals surface area contributed by atoms with E-state index in [1.807, 2.05) is 6.92 Å². The van der Waals surface area contributed by atoms with Gasteiger partial charge in [-0.2, -0.15) is 5.10 Å². The van der Waals surface area contributed by atoms with Crippen LogP contribution in [-0.4, -0.2) is 25.7 Å². The van der Waals surface area contributed by atoms with Crippen LogP contribution in [0, 0.1) is 6.92 Å². The first-order valence-electron chi connectivity index (χ1n) is 5.79. The number of aromatic nitrogens is 2. The number of hydrogen-bond acceptors (Lipinski definition) is 4. The maximum atomic E-state index is 11.6. The fourth-order valence-electron chi connectivity index (χ4n) is 1.62. The van der Waals surface area contributed by atoms with Crippen LogP contribution in [0.1, 0.15) is 11.3 Å². The molecule has 6 nitrogen and oxygen atoms in total. The number of H-pyrrole nitrogens is 1. The lowest BCUT2D eigenvalue weighted by atomic mass is 10.2. The standard InChI is InChI=1S/C12H16N4O2S/c1-9-10(8-15-16-9)7-14-11-3-5-12(6-4-11)19(17,18)13-2/h3-6,8,13-14H,7H2,1-2H3,(H,15,16). The lowest BCUT2D eigenvalue weighted by Crippen LogP contribution is -2.18. The minimum Gasteiger partial charge on any atom is -0.381 e. The Kier molecular flexibility index (Phi) is 3.87. The molecule has 0 atom stereocenters. The van der Waals surface area contributed by atoms with Crippen LogP contribution in [0.25, 0.3) is 0 Å². The highest BCUT2D eigenvalue weighted by Crippen LogP contribution is 2.15. The molecule has 0 saturated carbocycles. The van der Waals surface area contributed by atoms with Crippen LogP contribution in [0.15, 0.2) is 35.4 Å². The van der Waals surface area contributed by atoms with Gasteiger partial charge in [-0.3, -0.25) is 5.10 Å². The molecule has 1 aromatic carbocycles. The van der Waals surface area contributed by atoms with Crippen molar-refractivity contribution < 1.29 is 8.42 Å². The van der Waals surface area contributed by atoms with Crippen LogP contribution in [0.2, 0.25) is 0 Å². The molecule has 2 aromatic rings. The summed E-state index contributed by atoms with van der Waals surface area (Å²) >= 11 is 0. The number of nitrogens with zero attached hydrogens (tertiary/aromatic N) is 1. The van der Waals surface area contributed by atoms with E-state index >= 15 is 0 Å². The van der Waals surface area contributed by atoms with Gasteiger partial charge in [0.05, 0.1) is 11.1 Å². The monoisotopic (exact) mass is 280 g/mol.